The van der Waals surface area contributed by atoms with Gasteiger partial charge in [-0.3, -0.25) is 4.79 Å². The summed E-state index contributed by atoms with van der Waals surface area (Å²) in [7, 11) is 3.13. The van der Waals surface area contributed by atoms with Crippen LogP contribution in [0.3, 0.4) is 0 Å². The van der Waals surface area contributed by atoms with Crippen molar-refractivity contribution in [1.29, 1.82) is 0 Å². The predicted octanol–water partition coefficient (Wildman–Crippen LogP) is 2.91. The lowest BCUT2D eigenvalue weighted by Crippen LogP contribution is -2.46. The second-order valence-corrected chi connectivity index (χ2v) is 8.47. The van der Waals surface area contributed by atoms with E-state index < -0.39 is 29.6 Å². The Morgan fingerprint density at radius 2 is 2.03 bits per heavy atom. The van der Waals surface area contributed by atoms with Gasteiger partial charge < -0.3 is 29.5 Å². The first-order valence-electron chi connectivity index (χ1n) is 11.1. The Kier molecular flexibility index (Phi) is 6.74. The van der Waals surface area contributed by atoms with Crippen molar-refractivity contribution in [1.82, 2.24) is 10.2 Å². The van der Waals surface area contributed by atoms with Crippen LogP contribution in [0.1, 0.15) is 30.4 Å². The van der Waals surface area contributed by atoms with Crippen LogP contribution in [-0.4, -0.2) is 67.9 Å². The number of carboxylic acid groups (broad SMARTS) is 1. The molecule has 2 aliphatic heterocycles. The number of allylic oxidation sites excluding steroid dienone is 1. The quantitative estimate of drug-likeness (QED) is 0.712. The van der Waals surface area contributed by atoms with Gasteiger partial charge in [-0.25, -0.2) is 9.59 Å². The molecule has 2 heterocycles. The molecule has 34 heavy (non-hydrogen) atoms. The fraction of sp³-hybridized carbons (Fsp3) is 0.400. The van der Waals surface area contributed by atoms with Crippen LogP contribution in [-0.2, 0) is 24.7 Å². The van der Waals surface area contributed by atoms with Gasteiger partial charge >= 0.3 is 12.1 Å². The van der Waals surface area contributed by atoms with E-state index in [-0.39, 0.29) is 26.1 Å². The van der Waals surface area contributed by atoms with E-state index in [2.05, 4.69) is 5.32 Å². The maximum atomic E-state index is 12.9. The number of hydrogen-bond donors (Lipinski definition) is 2. The fourth-order valence-electron chi connectivity index (χ4n) is 4.59. The summed E-state index contributed by atoms with van der Waals surface area (Å²) < 4.78 is 16.6. The molecular weight excluding hydrogens is 440 g/mol. The van der Waals surface area contributed by atoms with Crippen LogP contribution in [0.15, 0.2) is 36.4 Å². The lowest BCUT2D eigenvalue weighted by molar-refractivity contribution is -0.147. The Balaban J connectivity index is 1.80. The van der Waals surface area contributed by atoms with Gasteiger partial charge in [0, 0.05) is 19.1 Å². The first kappa shape index (κ1) is 23.6. The molecule has 0 spiro atoms. The average Bonchev–Trinajstić information content (AvgIpc) is 3.25. The minimum atomic E-state index is -1.13. The average molecular weight is 469 g/mol. The summed E-state index contributed by atoms with van der Waals surface area (Å²) in [6, 6.07) is 8.68. The number of ether oxygens (including phenoxy) is 3. The number of methoxy groups -OCH3 is 2. The highest BCUT2D eigenvalue weighted by atomic mass is 16.5. The van der Waals surface area contributed by atoms with E-state index in [1.807, 2.05) is 42.5 Å². The van der Waals surface area contributed by atoms with Gasteiger partial charge in [0.25, 0.3) is 0 Å². The molecular formula is C25H28N2O7. The minimum Gasteiger partial charge on any atom is -0.496 e. The minimum absolute atomic E-state index is 0.0461. The number of carboxylic acids is 1. The van der Waals surface area contributed by atoms with E-state index in [9.17, 15) is 19.5 Å². The van der Waals surface area contributed by atoms with Gasteiger partial charge in [-0.1, -0.05) is 24.3 Å². The Morgan fingerprint density at radius 3 is 2.76 bits per heavy atom. The highest BCUT2D eigenvalue weighted by molar-refractivity contribution is 5.89. The Morgan fingerprint density at radius 1 is 1.21 bits per heavy atom. The van der Waals surface area contributed by atoms with Gasteiger partial charge in [-0.15, -0.1) is 0 Å². The summed E-state index contributed by atoms with van der Waals surface area (Å²) in [6.45, 7) is -0.121. The van der Waals surface area contributed by atoms with Crippen LogP contribution in [0.5, 0.6) is 5.75 Å². The molecule has 0 radical (unpaired) electrons. The lowest BCUT2D eigenvalue weighted by atomic mass is 9.89. The summed E-state index contributed by atoms with van der Waals surface area (Å²) in [6.07, 6.45) is 4.63. The molecule has 0 aliphatic carbocycles. The van der Waals surface area contributed by atoms with Crippen LogP contribution < -0.4 is 10.1 Å². The Bertz CT molecular complexity index is 1150. The third-order valence-corrected chi connectivity index (χ3v) is 6.47. The van der Waals surface area contributed by atoms with E-state index in [1.165, 1.54) is 12.0 Å². The van der Waals surface area contributed by atoms with Crippen LogP contribution in [0.2, 0.25) is 0 Å². The summed E-state index contributed by atoms with van der Waals surface area (Å²) in [5, 5.41) is 14.2. The van der Waals surface area contributed by atoms with Crippen LogP contribution >= 0.6 is 0 Å². The second-order valence-electron chi connectivity index (χ2n) is 8.47. The second kappa shape index (κ2) is 9.72. The maximum absolute atomic E-state index is 12.9. The molecule has 9 nitrogen and oxygen atoms in total. The molecule has 1 fully saturated rings. The fourth-order valence-corrected chi connectivity index (χ4v) is 4.59. The standard InChI is InChI=1S/C25H28N2O7/c1-32-21-12-16-7-8-19-11-18(16)10-17(21)6-4-3-5-9-34-24(31)26-14-22(28)27-15-25(19,33-2)13-20(27)23(29)30/h4,6-8,10-12,20H,3,5,9,13-15H2,1-2H3,(H,26,31)(H,29,30)/b6-4-/t20?,25-/m0/s1. The molecule has 4 rings (SSSR count). The number of nitrogens with one attached hydrogen (secondary N) is 1. The predicted molar refractivity (Wildman–Crippen MR) is 125 cm³/mol. The Labute approximate surface area is 197 Å². The number of alkyl carbamates (subject to hydrolysis) is 1. The van der Waals surface area contributed by atoms with Crippen molar-refractivity contribution in [2.45, 2.75) is 30.9 Å². The van der Waals surface area contributed by atoms with Crippen molar-refractivity contribution in [2.75, 3.05) is 33.9 Å². The molecule has 1 unspecified atom stereocenters. The number of rotatable bonds is 3. The Hall–Kier alpha value is -3.59. The highest BCUT2D eigenvalue weighted by Crippen LogP contribution is 2.41. The molecule has 1 saturated heterocycles. The van der Waals surface area contributed by atoms with E-state index in [1.54, 1.807) is 7.11 Å². The molecule has 0 aromatic heterocycles. The molecule has 180 valence electrons. The van der Waals surface area contributed by atoms with Crippen LogP contribution in [0, 0.1) is 0 Å². The third-order valence-electron chi connectivity index (χ3n) is 6.47. The molecule has 2 atom stereocenters. The van der Waals surface area contributed by atoms with E-state index in [0.29, 0.717) is 12.8 Å². The molecule has 2 aromatic carbocycles. The zero-order chi connectivity index (χ0) is 24.3. The van der Waals surface area contributed by atoms with Crippen molar-refractivity contribution in [3.63, 3.8) is 0 Å². The number of hydrogen-bond acceptors (Lipinski definition) is 6. The number of aliphatic carboxylic acids is 1. The lowest BCUT2D eigenvalue weighted by Gasteiger charge is -2.29. The summed E-state index contributed by atoms with van der Waals surface area (Å²) in [5.74, 6) is -0.912. The highest BCUT2D eigenvalue weighted by Gasteiger charge is 2.50. The molecule has 5 bridgehead atoms. The number of carbonyl (C=O) groups is 3. The summed E-state index contributed by atoms with van der Waals surface area (Å²) in [5.41, 5.74) is 0.664. The van der Waals surface area contributed by atoms with Crippen molar-refractivity contribution < 1.29 is 33.7 Å². The van der Waals surface area contributed by atoms with Crippen molar-refractivity contribution in [3.05, 3.63) is 47.5 Å². The van der Waals surface area contributed by atoms with Gasteiger partial charge in [0.15, 0.2) is 0 Å². The van der Waals surface area contributed by atoms with Gasteiger partial charge in [-0.2, -0.15) is 0 Å². The van der Waals surface area contributed by atoms with Crippen molar-refractivity contribution >= 4 is 34.8 Å². The number of fused-ring (bicyclic) bond motifs is 5. The van der Waals surface area contributed by atoms with Crippen molar-refractivity contribution in [3.8, 4) is 5.75 Å². The third kappa shape index (κ3) is 4.56. The van der Waals surface area contributed by atoms with Crippen LogP contribution in [0.4, 0.5) is 4.79 Å². The largest absolute Gasteiger partial charge is 0.496 e. The first-order valence-corrected chi connectivity index (χ1v) is 11.1. The van der Waals surface area contributed by atoms with Crippen molar-refractivity contribution in [2.24, 2.45) is 0 Å². The molecule has 2 N–H and O–H groups in total. The number of carbonyl (C=O) groups excluding carboxylic acids is 2. The topological polar surface area (TPSA) is 114 Å². The SMILES string of the molecule is COc1cc2ccc3cc2cc1/C=C\CCCOC(=O)NCC(=O)N1C[C@@]3(OC)CC1C(=O)O. The zero-order valence-corrected chi connectivity index (χ0v) is 19.2. The normalized spacial score (nSPS) is 24.4. The van der Waals surface area contributed by atoms with Gasteiger partial charge in [0.1, 0.15) is 23.9 Å². The number of benzene rings is 2. The molecule has 9 heteroatoms. The maximum Gasteiger partial charge on any atom is 0.407 e. The molecule has 0 saturated carbocycles. The number of cyclic esters (lactones) is 1. The monoisotopic (exact) mass is 468 g/mol. The molecule has 2 aliphatic rings. The van der Waals surface area contributed by atoms with E-state index >= 15 is 0 Å². The van der Waals surface area contributed by atoms with Gasteiger partial charge in [0.05, 0.1) is 20.3 Å². The van der Waals surface area contributed by atoms with E-state index in [0.717, 1.165) is 27.6 Å². The van der Waals surface area contributed by atoms with Gasteiger partial charge in [-0.05, 0) is 47.4 Å². The number of amides is 2. The smallest absolute Gasteiger partial charge is 0.407 e. The molecule has 2 amide bonds. The number of nitrogens with zero attached hydrogens (tertiary/aromatic N) is 1. The summed E-state index contributed by atoms with van der Waals surface area (Å²) >= 11 is 0. The van der Waals surface area contributed by atoms with E-state index in [4.69, 9.17) is 14.2 Å². The zero-order valence-electron chi connectivity index (χ0n) is 19.2. The van der Waals surface area contributed by atoms with Crippen LogP contribution in [0.25, 0.3) is 16.8 Å². The summed E-state index contributed by atoms with van der Waals surface area (Å²) in [4.78, 5) is 38.1. The first-order chi connectivity index (χ1) is 16.4. The van der Waals surface area contributed by atoms with Gasteiger partial charge in [0.2, 0.25) is 5.91 Å². The molecule has 2 aromatic rings.